The third-order valence-corrected chi connectivity index (χ3v) is 2.71. The van der Waals surface area contributed by atoms with Gasteiger partial charge in [0.2, 0.25) is 0 Å². The van der Waals surface area contributed by atoms with Crippen molar-refractivity contribution in [3.63, 3.8) is 0 Å². The van der Waals surface area contributed by atoms with E-state index in [1.54, 1.807) is 0 Å². The molecule has 0 radical (unpaired) electrons. The molecule has 2 rings (SSSR count). The molecule has 2 aliphatic rings. The highest BCUT2D eigenvalue weighted by atomic mass is 19.1. The maximum absolute atomic E-state index is 12.8. The average Bonchev–Trinajstić information content (AvgIpc) is 2.55. The van der Waals surface area contributed by atoms with Gasteiger partial charge in [-0.1, -0.05) is 0 Å². The lowest BCUT2D eigenvalue weighted by Gasteiger charge is -2.21. The Hall–Kier alpha value is -0.150. The highest BCUT2D eigenvalue weighted by molar-refractivity contribution is 4.86. The van der Waals surface area contributed by atoms with E-state index in [-0.39, 0.29) is 0 Å². The molecule has 2 aliphatic heterocycles. The second-order valence-corrected chi connectivity index (χ2v) is 3.53. The molecule has 2 atom stereocenters. The molecule has 0 aromatic carbocycles. The summed E-state index contributed by atoms with van der Waals surface area (Å²) in [5, 5.41) is 3.30. The number of rotatable bonds is 1. The molecule has 0 bridgehead atoms. The Morgan fingerprint density at radius 1 is 1.36 bits per heavy atom. The molecule has 0 aromatic heterocycles. The lowest BCUT2D eigenvalue weighted by atomic mass is 10.2. The van der Waals surface area contributed by atoms with Gasteiger partial charge < -0.3 is 5.32 Å². The normalized spacial score (nSPS) is 40.1. The van der Waals surface area contributed by atoms with Crippen molar-refractivity contribution in [3.8, 4) is 0 Å². The van der Waals surface area contributed by atoms with Crippen LogP contribution in [0.5, 0.6) is 0 Å². The molecule has 0 unspecified atom stereocenters. The number of halogens is 1. The van der Waals surface area contributed by atoms with Gasteiger partial charge in [-0.3, -0.25) is 4.90 Å². The van der Waals surface area contributed by atoms with E-state index in [1.807, 2.05) is 0 Å². The number of hydrogen-bond donors (Lipinski definition) is 1. The molecule has 3 heteroatoms. The molecular formula is C8H15FN2. The molecule has 0 spiro atoms. The Morgan fingerprint density at radius 2 is 2.27 bits per heavy atom. The van der Waals surface area contributed by atoms with E-state index in [0.29, 0.717) is 12.6 Å². The van der Waals surface area contributed by atoms with Crippen LogP contribution in [0.3, 0.4) is 0 Å². The van der Waals surface area contributed by atoms with E-state index in [0.717, 1.165) is 26.1 Å². The zero-order valence-corrected chi connectivity index (χ0v) is 6.72. The fraction of sp³-hybridized carbons (Fsp3) is 1.00. The van der Waals surface area contributed by atoms with E-state index in [1.165, 1.54) is 6.42 Å². The standard InChI is InChI=1S/C8H15FN2/c9-7-2-4-11(6-7)8-1-3-10-5-8/h7-8,10H,1-6H2/t7-,8-/m0/s1. The number of nitrogens with zero attached hydrogens (tertiary/aromatic N) is 1. The summed E-state index contributed by atoms with van der Waals surface area (Å²) in [6.45, 7) is 3.81. The first-order valence-corrected chi connectivity index (χ1v) is 4.45. The summed E-state index contributed by atoms with van der Waals surface area (Å²) in [4.78, 5) is 2.28. The van der Waals surface area contributed by atoms with E-state index in [4.69, 9.17) is 0 Å². The molecular weight excluding hydrogens is 143 g/mol. The van der Waals surface area contributed by atoms with Gasteiger partial charge in [0.05, 0.1) is 0 Å². The van der Waals surface area contributed by atoms with Gasteiger partial charge in [0.15, 0.2) is 0 Å². The van der Waals surface area contributed by atoms with Crippen molar-refractivity contribution in [2.24, 2.45) is 0 Å². The SMILES string of the molecule is F[C@H]1CCN([C@H]2CCNC2)C1. The van der Waals surface area contributed by atoms with E-state index < -0.39 is 6.17 Å². The fourth-order valence-corrected chi connectivity index (χ4v) is 2.03. The Bertz CT molecular complexity index is 134. The van der Waals surface area contributed by atoms with Gasteiger partial charge in [-0.25, -0.2) is 4.39 Å². The van der Waals surface area contributed by atoms with E-state index in [2.05, 4.69) is 10.2 Å². The third kappa shape index (κ3) is 1.54. The third-order valence-electron chi connectivity index (χ3n) is 2.71. The lowest BCUT2D eigenvalue weighted by molar-refractivity contribution is 0.233. The number of likely N-dealkylation sites (tertiary alicyclic amines) is 1. The van der Waals surface area contributed by atoms with Crippen molar-refractivity contribution >= 4 is 0 Å². The van der Waals surface area contributed by atoms with Crippen LogP contribution in [0.15, 0.2) is 0 Å². The van der Waals surface area contributed by atoms with Gasteiger partial charge in [0, 0.05) is 25.7 Å². The molecule has 2 fully saturated rings. The van der Waals surface area contributed by atoms with Crippen molar-refractivity contribution in [1.82, 2.24) is 10.2 Å². The van der Waals surface area contributed by atoms with Gasteiger partial charge in [-0.15, -0.1) is 0 Å². The Labute approximate surface area is 66.8 Å². The van der Waals surface area contributed by atoms with Gasteiger partial charge in [-0.05, 0) is 19.4 Å². The van der Waals surface area contributed by atoms with Gasteiger partial charge in [0.1, 0.15) is 6.17 Å². The van der Waals surface area contributed by atoms with Crippen molar-refractivity contribution in [2.45, 2.75) is 25.1 Å². The molecule has 0 aliphatic carbocycles. The average molecular weight is 158 g/mol. The minimum absolute atomic E-state index is 0.560. The quantitative estimate of drug-likeness (QED) is 0.594. The molecule has 2 heterocycles. The molecule has 0 aromatic rings. The smallest absolute Gasteiger partial charge is 0.114 e. The van der Waals surface area contributed by atoms with Gasteiger partial charge in [-0.2, -0.15) is 0 Å². The second kappa shape index (κ2) is 3.07. The minimum Gasteiger partial charge on any atom is -0.315 e. The summed E-state index contributed by atoms with van der Waals surface area (Å²) in [5.41, 5.74) is 0. The largest absolute Gasteiger partial charge is 0.315 e. The molecule has 11 heavy (non-hydrogen) atoms. The van der Waals surface area contributed by atoms with Crippen LogP contribution in [0, 0.1) is 0 Å². The molecule has 2 nitrogen and oxygen atoms in total. The van der Waals surface area contributed by atoms with Crippen LogP contribution >= 0.6 is 0 Å². The number of hydrogen-bond acceptors (Lipinski definition) is 2. The predicted octanol–water partition coefficient (Wildman–Crippen LogP) is 0.392. The molecule has 2 saturated heterocycles. The topological polar surface area (TPSA) is 15.3 Å². The van der Waals surface area contributed by atoms with Crippen LogP contribution in [-0.4, -0.2) is 43.3 Å². The van der Waals surface area contributed by atoms with Gasteiger partial charge in [0.25, 0.3) is 0 Å². The highest BCUT2D eigenvalue weighted by Gasteiger charge is 2.29. The van der Waals surface area contributed by atoms with Crippen LogP contribution in [0.25, 0.3) is 0 Å². The number of alkyl halides is 1. The van der Waals surface area contributed by atoms with Crippen molar-refractivity contribution in [2.75, 3.05) is 26.2 Å². The second-order valence-electron chi connectivity index (χ2n) is 3.53. The Morgan fingerprint density at radius 3 is 2.82 bits per heavy atom. The molecule has 64 valence electrons. The van der Waals surface area contributed by atoms with Crippen LogP contribution in [0.1, 0.15) is 12.8 Å². The monoisotopic (exact) mass is 158 g/mol. The maximum atomic E-state index is 12.8. The van der Waals surface area contributed by atoms with E-state index in [9.17, 15) is 4.39 Å². The zero-order valence-electron chi connectivity index (χ0n) is 6.72. The van der Waals surface area contributed by atoms with Crippen molar-refractivity contribution < 1.29 is 4.39 Å². The summed E-state index contributed by atoms with van der Waals surface area (Å²) >= 11 is 0. The summed E-state index contributed by atoms with van der Waals surface area (Å²) < 4.78 is 12.8. The van der Waals surface area contributed by atoms with E-state index >= 15 is 0 Å². The van der Waals surface area contributed by atoms with Crippen molar-refractivity contribution in [1.29, 1.82) is 0 Å². The first kappa shape index (κ1) is 7.50. The number of nitrogens with one attached hydrogen (secondary N) is 1. The lowest BCUT2D eigenvalue weighted by Crippen LogP contribution is -2.35. The van der Waals surface area contributed by atoms with Crippen molar-refractivity contribution in [3.05, 3.63) is 0 Å². The summed E-state index contributed by atoms with van der Waals surface area (Å²) in [6, 6.07) is 0.621. The highest BCUT2D eigenvalue weighted by Crippen LogP contribution is 2.18. The molecule has 0 saturated carbocycles. The Balaban J connectivity index is 1.85. The summed E-state index contributed by atoms with van der Waals surface area (Å²) in [5.74, 6) is 0. The zero-order chi connectivity index (χ0) is 7.68. The fourth-order valence-electron chi connectivity index (χ4n) is 2.03. The molecule has 0 amide bonds. The minimum atomic E-state index is -0.560. The Kier molecular flexibility index (Phi) is 2.09. The van der Waals surface area contributed by atoms with Crippen LogP contribution in [0.2, 0.25) is 0 Å². The van der Waals surface area contributed by atoms with Crippen LogP contribution in [-0.2, 0) is 0 Å². The first-order valence-electron chi connectivity index (χ1n) is 4.45. The summed E-state index contributed by atoms with van der Waals surface area (Å²) in [6.07, 6.45) is 1.39. The maximum Gasteiger partial charge on any atom is 0.114 e. The predicted molar refractivity (Wildman–Crippen MR) is 42.4 cm³/mol. The summed E-state index contributed by atoms with van der Waals surface area (Å²) in [7, 11) is 0. The van der Waals surface area contributed by atoms with Crippen LogP contribution < -0.4 is 5.32 Å². The molecule has 1 N–H and O–H groups in total. The van der Waals surface area contributed by atoms with Crippen LogP contribution in [0.4, 0.5) is 4.39 Å². The first-order chi connectivity index (χ1) is 5.36. The van der Waals surface area contributed by atoms with Gasteiger partial charge >= 0.3 is 0 Å².